The highest BCUT2D eigenvalue weighted by molar-refractivity contribution is 6.04. The fraction of sp³-hybridized carbons (Fsp3) is 0.579. The van der Waals surface area contributed by atoms with Gasteiger partial charge in [-0.2, -0.15) is 0 Å². The molecule has 136 valence electrons. The maximum atomic E-state index is 12.6. The van der Waals surface area contributed by atoms with E-state index < -0.39 is 0 Å². The maximum absolute atomic E-state index is 12.6. The second kappa shape index (κ2) is 7.44. The third-order valence-corrected chi connectivity index (χ3v) is 4.75. The maximum Gasteiger partial charge on any atom is 0.325 e. The summed E-state index contributed by atoms with van der Waals surface area (Å²) in [6.07, 6.45) is 2.92. The van der Waals surface area contributed by atoms with Crippen LogP contribution >= 0.6 is 0 Å². The Morgan fingerprint density at radius 1 is 1.24 bits per heavy atom. The van der Waals surface area contributed by atoms with Crippen molar-refractivity contribution in [3.05, 3.63) is 29.8 Å². The second-order valence-corrected chi connectivity index (χ2v) is 7.37. The number of methoxy groups -OCH3 is 1. The molecule has 1 saturated carbocycles. The smallest absolute Gasteiger partial charge is 0.325 e. The molecule has 0 bridgehead atoms. The minimum Gasteiger partial charge on any atom is -0.497 e. The van der Waals surface area contributed by atoms with Gasteiger partial charge in [0.1, 0.15) is 11.8 Å². The molecule has 0 spiro atoms. The van der Waals surface area contributed by atoms with E-state index in [0.29, 0.717) is 25.0 Å². The Balaban J connectivity index is 1.65. The van der Waals surface area contributed by atoms with Crippen LogP contribution in [0.15, 0.2) is 24.3 Å². The molecule has 0 unspecified atom stereocenters. The number of hydrogen-bond acceptors (Lipinski definition) is 4. The lowest BCUT2D eigenvalue weighted by atomic mass is 10.0. The molecule has 3 rings (SSSR count). The highest BCUT2D eigenvalue weighted by atomic mass is 16.5. The molecule has 0 radical (unpaired) electrons. The average molecular weight is 345 g/mol. The van der Waals surface area contributed by atoms with E-state index in [1.807, 2.05) is 24.3 Å². The quantitative estimate of drug-likeness (QED) is 0.736. The summed E-state index contributed by atoms with van der Waals surface area (Å²) in [5.74, 6) is 1.10. The summed E-state index contributed by atoms with van der Waals surface area (Å²) in [5, 5.41) is 2.82. The van der Waals surface area contributed by atoms with Crippen LogP contribution in [0.25, 0.3) is 0 Å². The number of ether oxygens (including phenoxy) is 1. The third-order valence-electron chi connectivity index (χ3n) is 4.75. The van der Waals surface area contributed by atoms with Gasteiger partial charge in [-0.25, -0.2) is 9.69 Å². The van der Waals surface area contributed by atoms with Gasteiger partial charge in [0.05, 0.1) is 13.8 Å². The van der Waals surface area contributed by atoms with Gasteiger partial charge in [-0.05, 0) is 42.9 Å². The molecule has 6 nitrogen and oxygen atoms in total. The topological polar surface area (TPSA) is 61.9 Å². The van der Waals surface area contributed by atoms with Crippen molar-refractivity contribution in [2.45, 2.75) is 51.7 Å². The van der Waals surface area contributed by atoms with Crippen LogP contribution in [-0.2, 0) is 11.3 Å². The molecular weight excluding hydrogens is 318 g/mol. The molecule has 2 fully saturated rings. The first-order valence-corrected chi connectivity index (χ1v) is 8.96. The molecule has 1 saturated heterocycles. The standard InChI is InChI=1S/C19H27N3O3/c1-13(2)10-17-18(23)22(19(24)20-17)12-21(15-6-7-15)11-14-4-8-16(25-3)9-5-14/h4-5,8-9,13,15,17H,6-7,10-12H2,1-3H3,(H,20,24)/t17-/m1/s1. The zero-order chi connectivity index (χ0) is 18.0. The first-order valence-electron chi connectivity index (χ1n) is 8.96. The minimum absolute atomic E-state index is 0.0981. The molecular formula is C19H27N3O3. The van der Waals surface area contributed by atoms with Gasteiger partial charge in [-0.1, -0.05) is 26.0 Å². The van der Waals surface area contributed by atoms with E-state index in [0.717, 1.165) is 30.7 Å². The zero-order valence-electron chi connectivity index (χ0n) is 15.2. The van der Waals surface area contributed by atoms with Crippen molar-refractivity contribution in [3.8, 4) is 5.75 Å². The van der Waals surface area contributed by atoms with Gasteiger partial charge < -0.3 is 10.1 Å². The van der Waals surface area contributed by atoms with E-state index in [2.05, 4.69) is 24.1 Å². The van der Waals surface area contributed by atoms with Crippen LogP contribution in [0.1, 0.15) is 38.7 Å². The summed E-state index contributed by atoms with van der Waals surface area (Å²) in [6, 6.07) is 7.74. The Morgan fingerprint density at radius 3 is 2.48 bits per heavy atom. The zero-order valence-corrected chi connectivity index (χ0v) is 15.2. The fourth-order valence-electron chi connectivity index (χ4n) is 3.22. The van der Waals surface area contributed by atoms with E-state index in [4.69, 9.17) is 4.74 Å². The third kappa shape index (κ3) is 4.31. The predicted octanol–water partition coefficient (Wildman–Crippen LogP) is 2.58. The molecule has 3 amide bonds. The lowest BCUT2D eigenvalue weighted by Crippen LogP contribution is -2.42. The van der Waals surface area contributed by atoms with E-state index in [1.165, 1.54) is 4.90 Å². The Bertz CT molecular complexity index is 625. The molecule has 0 aromatic heterocycles. The molecule has 1 aromatic rings. The van der Waals surface area contributed by atoms with Gasteiger partial charge in [-0.15, -0.1) is 0 Å². The van der Waals surface area contributed by atoms with E-state index >= 15 is 0 Å². The van der Waals surface area contributed by atoms with E-state index in [-0.39, 0.29) is 18.0 Å². The fourth-order valence-corrected chi connectivity index (χ4v) is 3.22. The van der Waals surface area contributed by atoms with Crippen LogP contribution in [0, 0.1) is 5.92 Å². The van der Waals surface area contributed by atoms with E-state index in [9.17, 15) is 9.59 Å². The molecule has 2 aliphatic rings. The largest absolute Gasteiger partial charge is 0.497 e. The number of carbonyl (C=O) groups is 2. The summed E-state index contributed by atoms with van der Waals surface area (Å²) in [4.78, 5) is 28.4. The number of urea groups is 1. The Labute approximate surface area is 149 Å². The predicted molar refractivity (Wildman–Crippen MR) is 95.0 cm³/mol. The summed E-state index contributed by atoms with van der Waals surface area (Å²) < 4.78 is 5.19. The molecule has 25 heavy (non-hydrogen) atoms. The number of imide groups is 1. The van der Waals surface area contributed by atoms with Crippen LogP contribution in [0.3, 0.4) is 0 Å². The van der Waals surface area contributed by atoms with Gasteiger partial charge in [0.25, 0.3) is 5.91 Å². The molecule has 1 aliphatic heterocycles. The first kappa shape index (κ1) is 17.7. The molecule has 1 N–H and O–H groups in total. The lowest BCUT2D eigenvalue weighted by molar-refractivity contribution is -0.129. The molecule has 1 heterocycles. The number of rotatable bonds is 8. The van der Waals surface area contributed by atoms with Crippen molar-refractivity contribution in [2.24, 2.45) is 5.92 Å². The SMILES string of the molecule is COc1ccc(CN(CN2C(=O)N[C@H](CC(C)C)C2=O)C2CC2)cc1. The Kier molecular flexibility index (Phi) is 5.27. The average Bonchev–Trinajstić information content (AvgIpc) is 3.38. The van der Waals surface area contributed by atoms with Crippen molar-refractivity contribution >= 4 is 11.9 Å². The van der Waals surface area contributed by atoms with Crippen molar-refractivity contribution in [1.29, 1.82) is 0 Å². The van der Waals surface area contributed by atoms with Crippen molar-refractivity contribution in [2.75, 3.05) is 13.8 Å². The second-order valence-electron chi connectivity index (χ2n) is 7.37. The van der Waals surface area contributed by atoms with Crippen molar-refractivity contribution in [3.63, 3.8) is 0 Å². The summed E-state index contributed by atoms with van der Waals surface area (Å²) in [6.45, 7) is 5.20. The van der Waals surface area contributed by atoms with Gasteiger partial charge in [0.15, 0.2) is 0 Å². The number of hydrogen-bond donors (Lipinski definition) is 1. The Hall–Kier alpha value is -2.08. The normalized spacial score (nSPS) is 20.5. The van der Waals surface area contributed by atoms with Crippen molar-refractivity contribution in [1.82, 2.24) is 15.1 Å². The lowest BCUT2D eigenvalue weighted by Gasteiger charge is -2.26. The minimum atomic E-state index is -0.380. The molecule has 1 aromatic carbocycles. The monoisotopic (exact) mass is 345 g/mol. The van der Waals surface area contributed by atoms with Crippen LogP contribution in [0.4, 0.5) is 4.79 Å². The first-order chi connectivity index (χ1) is 12.0. The number of nitrogens with zero attached hydrogens (tertiary/aromatic N) is 2. The number of benzene rings is 1. The Morgan fingerprint density at radius 2 is 1.92 bits per heavy atom. The summed E-state index contributed by atoms with van der Waals surface area (Å²) in [5.41, 5.74) is 1.15. The highest BCUT2D eigenvalue weighted by Crippen LogP contribution is 2.29. The van der Waals surface area contributed by atoms with Gasteiger partial charge in [0.2, 0.25) is 0 Å². The number of amides is 3. The van der Waals surface area contributed by atoms with Crippen LogP contribution in [0.5, 0.6) is 5.75 Å². The van der Waals surface area contributed by atoms with Gasteiger partial charge >= 0.3 is 6.03 Å². The van der Waals surface area contributed by atoms with Gasteiger partial charge in [-0.3, -0.25) is 9.69 Å². The molecule has 1 aliphatic carbocycles. The summed E-state index contributed by atoms with van der Waals surface area (Å²) >= 11 is 0. The van der Waals surface area contributed by atoms with Crippen molar-refractivity contribution < 1.29 is 14.3 Å². The van der Waals surface area contributed by atoms with Crippen LogP contribution < -0.4 is 10.1 Å². The van der Waals surface area contributed by atoms with E-state index in [1.54, 1.807) is 7.11 Å². The number of carbonyl (C=O) groups excluding carboxylic acids is 2. The molecule has 6 heteroatoms. The van der Waals surface area contributed by atoms with Gasteiger partial charge in [0, 0.05) is 12.6 Å². The highest BCUT2D eigenvalue weighted by Gasteiger charge is 2.40. The van der Waals surface area contributed by atoms with Crippen LogP contribution in [0.2, 0.25) is 0 Å². The molecule has 1 atom stereocenters. The van der Waals surface area contributed by atoms with Crippen LogP contribution in [-0.4, -0.2) is 47.6 Å². The number of nitrogens with one attached hydrogen (secondary N) is 1. The summed E-state index contributed by atoms with van der Waals surface area (Å²) in [7, 11) is 1.65.